The van der Waals surface area contributed by atoms with Crippen molar-refractivity contribution in [1.82, 2.24) is 4.90 Å². The van der Waals surface area contributed by atoms with Crippen LogP contribution in [0.3, 0.4) is 0 Å². The highest BCUT2D eigenvalue weighted by atomic mass is 16.7. The smallest absolute Gasteiger partial charge is 0.317 e. The Morgan fingerprint density at radius 2 is 1.67 bits per heavy atom. The summed E-state index contributed by atoms with van der Waals surface area (Å²) in [5, 5.41) is 9.47. The van der Waals surface area contributed by atoms with Crippen LogP contribution in [0.5, 0.6) is 0 Å². The first-order chi connectivity index (χ1) is 10.9. The second-order valence-corrected chi connectivity index (χ2v) is 8.99. The van der Waals surface area contributed by atoms with Gasteiger partial charge in [0, 0.05) is 28.8 Å². The Balaban J connectivity index is 2.44. The van der Waals surface area contributed by atoms with Gasteiger partial charge in [0.05, 0.1) is 19.8 Å². The predicted molar refractivity (Wildman–Crippen MR) is 93.9 cm³/mol. The van der Waals surface area contributed by atoms with E-state index >= 15 is 0 Å². The maximum absolute atomic E-state index is 11.5. The summed E-state index contributed by atoms with van der Waals surface area (Å²) < 4.78 is 12.8. The number of carboxylic acids is 1. The standard InChI is InChI=1S/C19H35NO4/c1-8-17(6)11-19(23-12-16(4,5)13-24-19)14(3)18(7,9-2)20(17)10-15(21)22/h14H,8-13H2,1-7H3,(H,21,22). The van der Waals surface area contributed by atoms with E-state index in [1.807, 2.05) is 0 Å². The van der Waals surface area contributed by atoms with Gasteiger partial charge in [-0.2, -0.15) is 0 Å². The summed E-state index contributed by atoms with van der Waals surface area (Å²) in [5.74, 6) is -1.31. The van der Waals surface area contributed by atoms with E-state index in [0.29, 0.717) is 19.6 Å². The number of hydrogen-bond acceptors (Lipinski definition) is 4. The van der Waals surface area contributed by atoms with Crippen molar-refractivity contribution in [1.29, 1.82) is 0 Å². The number of nitrogens with zero attached hydrogens (tertiary/aromatic N) is 1. The van der Waals surface area contributed by atoms with Gasteiger partial charge in [-0.3, -0.25) is 9.69 Å². The minimum atomic E-state index is -0.774. The van der Waals surface area contributed by atoms with Crippen LogP contribution in [0.1, 0.15) is 67.7 Å². The van der Waals surface area contributed by atoms with Crippen LogP contribution in [0, 0.1) is 11.3 Å². The van der Waals surface area contributed by atoms with Gasteiger partial charge in [-0.25, -0.2) is 0 Å². The molecule has 2 saturated heterocycles. The molecule has 0 bridgehead atoms. The number of piperidine rings is 1. The summed E-state index contributed by atoms with van der Waals surface area (Å²) in [7, 11) is 0. The Bertz CT molecular complexity index is 482. The van der Waals surface area contributed by atoms with Crippen LogP contribution in [0.4, 0.5) is 0 Å². The third kappa shape index (κ3) is 3.11. The second kappa shape index (κ2) is 6.26. The highest BCUT2D eigenvalue weighted by Crippen LogP contribution is 2.53. The van der Waals surface area contributed by atoms with Crippen molar-refractivity contribution in [3.63, 3.8) is 0 Å². The molecule has 0 aliphatic carbocycles. The lowest BCUT2D eigenvalue weighted by Crippen LogP contribution is -2.74. The number of aliphatic carboxylic acids is 1. The molecule has 2 aliphatic rings. The number of carboxylic acid groups (broad SMARTS) is 1. The molecular weight excluding hydrogens is 306 g/mol. The van der Waals surface area contributed by atoms with Gasteiger partial charge in [-0.1, -0.05) is 34.6 Å². The molecule has 0 aromatic carbocycles. The molecule has 1 N–H and O–H groups in total. The van der Waals surface area contributed by atoms with Gasteiger partial charge in [0.2, 0.25) is 0 Å². The molecule has 3 atom stereocenters. The van der Waals surface area contributed by atoms with Crippen LogP contribution < -0.4 is 0 Å². The quantitative estimate of drug-likeness (QED) is 0.848. The fourth-order valence-electron chi connectivity index (χ4n) is 4.49. The Kier molecular flexibility index (Phi) is 5.13. The van der Waals surface area contributed by atoms with E-state index in [1.165, 1.54) is 0 Å². The van der Waals surface area contributed by atoms with Crippen LogP contribution in [0.2, 0.25) is 0 Å². The number of hydrogen-bond donors (Lipinski definition) is 1. The molecule has 0 aromatic heterocycles. The summed E-state index contributed by atoms with van der Waals surface area (Å²) in [5.41, 5.74) is -0.533. The SMILES string of the molecule is CCC1(C)CC2(OCC(C)(C)CO2)C(C)C(C)(CC)N1CC(=O)O. The van der Waals surface area contributed by atoms with Gasteiger partial charge in [0.1, 0.15) is 0 Å². The summed E-state index contributed by atoms with van der Waals surface area (Å²) in [6.45, 7) is 16.5. The molecule has 5 heteroatoms. The number of carbonyl (C=O) groups is 1. The average Bonchev–Trinajstić information content (AvgIpc) is 2.52. The van der Waals surface area contributed by atoms with Crippen molar-refractivity contribution in [3.05, 3.63) is 0 Å². The van der Waals surface area contributed by atoms with Gasteiger partial charge in [-0.05, 0) is 26.7 Å². The molecule has 24 heavy (non-hydrogen) atoms. The van der Waals surface area contributed by atoms with E-state index in [1.54, 1.807) is 0 Å². The normalized spacial score (nSPS) is 39.0. The maximum Gasteiger partial charge on any atom is 0.317 e. The minimum absolute atomic E-state index is 0.0222. The predicted octanol–water partition coefficient (Wildman–Crippen LogP) is 3.52. The molecule has 2 fully saturated rings. The third-order valence-electron chi connectivity index (χ3n) is 6.67. The zero-order valence-electron chi connectivity index (χ0n) is 16.4. The van der Waals surface area contributed by atoms with Crippen molar-refractivity contribution in [2.24, 2.45) is 11.3 Å². The van der Waals surface area contributed by atoms with E-state index in [0.717, 1.165) is 12.8 Å². The monoisotopic (exact) mass is 341 g/mol. The number of rotatable bonds is 4. The molecule has 3 unspecified atom stereocenters. The molecule has 2 rings (SSSR count). The lowest BCUT2D eigenvalue weighted by atomic mass is 9.65. The molecule has 0 saturated carbocycles. The van der Waals surface area contributed by atoms with Gasteiger partial charge < -0.3 is 14.6 Å². The van der Waals surface area contributed by atoms with Crippen LogP contribution in [-0.4, -0.2) is 52.6 Å². The average molecular weight is 341 g/mol. The molecule has 140 valence electrons. The summed E-state index contributed by atoms with van der Waals surface area (Å²) in [6, 6.07) is 0. The molecule has 0 radical (unpaired) electrons. The third-order valence-corrected chi connectivity index (χ3v) is 6.67. The van der Waals surface area contributed by atoms with E-state index < -0.39 is 11.8 Å². The van der Waals surface area contributed by atoms with Gasteiger partial charge in [-0.15, -0.1) is 0 Å². The number of likely N-dealkylation sites (tertiary alicyclic amines) is 1. The Labute approximate surface area is 146 Å². The molecule has 1 spiro atoms. The highest BCUT2D eigenvalue weighted by molar-refractivity contribution is 5.69. The molecule has 0 aromatic rings. The fourth-order valence-corrected chi connectivity index (χ4v) is 4.49. The maximum atomic E-state index is 11.5. The van der Waals surface area contributed by atoms with Crippen LogP contribution in [0.25, 0.3) is 0 Å². The van der Waals surface area contributed by atoms with Crippen LogP contribution >= 0.6 is 0 Å². The van der Waals surface area contributed by atoms with Crippen LogP contribution in [-0.2, 0) is 14.3 Å². The van der Waals surface area contributed by atoms with E-state index in [9.17, 15) is 9.90 Å². The second-order valence-electron chi connectivity index (χ2n) is 8.99. The largest absolute Gasteiger partial charge is 0.480 e. The first-order valence-electron chi connectivity index (χ1n) is 9.22. The van der Waals surface area contributed by atoms with Crippen molar-refractivity contribution in [2.45, 2.75) is 84.6 Å². The summed E-state index contributed by atoms with van der Waals surface area (Å²) in [4.78, 5) is 13.7. The first-order valence-corrected chi connectivity index (χ1v) is 9.22. The van der Waals surface area contributed by atoms with Gasteiger partial charge in [0.15, 0.2) is 5.79 Å². The van der Waals surface area contributed by atoms with Crippen molar-refractivity contribution in [3.8, 4) is 0 Å². The Hall–Kier alpha value is -0.650. The zero-order valence-corrected chi connectivity index (χ0v) is 16.4. The Morgan fingerprint density at radius 1 is 1.12 bits per heavy atom. The molecule has 2 aliphatic heterocycles. The molecular formula is C19H35NO4. The molecule has 5 nitrogen and oxygen atoms in total. The first kappa shape index (κ1) is 19.7. The topological polar surface area (TPSA) is 59.0 Å². The molecule has 0 amide bonds. The molecule has 2 heterocycles. The van der Waals surface area contributed by atoms with Crippen molar-refractivity contribution < 1.29 is 19.4 Å². The van der Waals surface area contributed by atoms with Gasteiger partial charge >= 0.3 is 5.97 Å². The van der Waals surface area contributed by atoms with E-state index in [2.05, 4.69) is 53.4 Å². The van der Waals surface area contributed by atoms with Crippen molar-refractivity contribution >= 4 is 5.97 Å². The van der Waals surface area contributed by atoms with E-state index in [-0.39, 0.29) is 29.0 Å². The lowest BCUT2D eigenvalue weighted by molar-refractivity contribution is -0.365. The van der Waals surface area contributed by atoms with E-state index in [4.69, 9.17) is 9.47 Å². The van der Waals surface area contributed by atoms with Gasteiger partial charge in [0.25, 0.3) is 0 Å². The summed E-state index contributed by atoms with van der Waals surface area (Å²) >= 11 is 0. The highest BCUT2D eigenvalue weighted by Gasteiger charge is 2.62. The fraction of sp³-hybridized carbons (Fsp3) is 0.947. The Morgan fingerprint density at radius 3 is 2.08 bits per heavy atom. The minimum Gasteiger partial charge on any atom is -0.480 e. The zero-order chi connectivity index (χ0) is 18.4. The van der Waals surface area contributed by atoms with Crippen molar-refractivity contribution in [2.75, 3.05) is 19.8 Å². The lowest BCUT2D eigenvalue weighted by Gasteiger charge is -2.65. The summed E-state index contributed by atoms with van der Waals surface area (Å²) in [6.07, 6.45) is 2.42. The number of ether oxygens (including phenoxy) is 2. The van der Waals surface area contributed by atoms with Crippen LogP contribution in [0.15, 0.2) is 0 Å².